The molecule has 0 spiro atoms. The van der Waals surface area contributed by atoms with E-state index in [0.717, 1.165) is 10.9 Å². The van der Waals surface area contributed by atoms with Crippen molar-refractivity contribution in [3.8, 4) is 11.5 Å². The Hall–Kier alpha value is -5.32. The number of carboxylic acid groups (broad SMARTS) is 1. The average molecular weight is 599 g/mol. The Balaban J connectivity index is 1.21. The molecule has 11 nitrogen and oxygen atoms in total. The molecule has 2 atom stereocenters. The first kappa shape index (κ1) is 30.1. The van der Waals surface area contributed by atoms with Crippen molar-refractivity contribution in [3.05, 3.63) is 89.6 Å². The largest absolute Gasteiger partial charge is 0.481 e. The molecule has 1 aromatic heterocycles. The number of benzene rings is 3. The molecule has 4 aromatic rings. The molecule has 228 valence electrons. The van der Waals surface area contributed by atoms with Crippen LogP contribution in [0.4, 0.5) is 5.69 Å². The lowest BCUT2D eigenvalue weighted by Gasteiger charge is -2.24. The van der Waals surface area contributed by atoms with Gasteiger partial charge in [0.2, 0.25) is 18.6 Å². The zero-order valence-corrected chi connectivity index (χ0v) is 24.4. The molecule has 0 radical (unpaired) electrons. The van der Waals surface area contributed by atoms with Crippen LogP contribution >= 0.6 is 0 Å². The summed E-state index contributed by atoms with van der Waals surface area (Å²) in [5.41, 5.74) is 3.22. The van der Waals surface area contributed by atoms with Crippen molar-refractivity contribution in [1.29, 1.82) is 0 Å². The summed E-state index contributed by atoms with van der Waals surface area (Å²) < 4.78 is 10.7. The van der Waals surface area contributed by atoms with Gasteiger partial charge >= 0.3 is 5.97 Å². The monoisotopic (exact) mass is 598 g/mol. The summed E-state index contributed by atoms with van der Waals surface area (Å²) in [7, 11) is 0. The average Bonchev–Trinajstić information content (AvgIpc) is 3.64. The number of hydrogen-bond acceptors (Lipinski definition) is 6. The van der Waals surface area contributed by atoms with Crippen LogP contribution in [-0.4, -0.2) is 46.6 Å². The maximum absolute atomic E-state index is 13.4. The van der Waals surface area contributed by atoms with Gasteiger partial charge in [-0.3, -0.25) is 19.2 Å². The van der Waals surface area contributed by atoms with Crippen LogP contribution in [0.1, 0.15) is 54.2 Å². The van der Waals surface area contributed by atoms with Crippen molar-refractivity contribution in [2.45, 2.75) is 45.2 Å². The Kier molecular flexibility index (Phi) is 9.13. The molecule has 0 bridgehead atoms. The first-order chi connectivity index (χ1) is 21.2. The molecule has 3 amide bonds. The molecule has 0 fully saturated rings. The normalized spacial score (nSPS) is 13.3. The molecule has 1 aliphatic rings. The highest BCUT2D eigenvalue weighted by molar-refractivity contribution is 6.12. The Morgan fingerprint density at radius 1 is 0.932 bits per heavy atom. The fourth-order valence-electron chi connectivity index (χ4n) is 5.13. The number of anilines is 1. The standard InChI is InChI=1S/C33H34N4O7/c1-19(2)13-27(33(42)37-26(16-31(39)40)21-9-12-28-29(15-21)44-18-43-28)36-30(38)14-20-7-10-22(11-8-20)35-32(41)24-17-34-25-6-4-3-5-23(24)25/h3-12,15,17,19,26-27,34H,13-14,16,18H2,1-2H3,(H,35,41)(H,36,38)(H,37,42)(H,39,40)/t26-,27-/m0/s1. The maximum Gasteiger partial charge on any atom is 0.305 e. The molecular weight excluding hydrogens is 564 g/mol. The smallest absolute Gasteiger partial charge is 0.305 e. The number of fused-ring (bicyclic) bond motifs is 2. The second kappa shape index (κ2) is 13.3. The molecule has 5 N–H and O–H groups in total. The van der Waals surface area contributed by atoms with E-state index >= 15 is 0 Å². The van der Waals surface area contributed by atoms with Crippen LogP contribution < -0.4 is 25.4 Å². The second-order valence-corrected chi connectivity index (χ2v) is 11.1. The highest BCUT2D eigenvalue weighted by Gasteiger charge is 2.27. The number of carboxylic acids is 1. The van der Waals surface area contributed by atoms with Crippen molar-refractivity contribution >= 4 is 40.3 Å². The van der Waals surface area contributed by atoms with Gasteiger partial charge in [0, 0.05) is 22.8 Å². The number of amides is 3. The molecule has 11 heteroatoms. The Bertz CT molecular complexity index is 1680. The SMILES string of the molecule is CC(C)C[C@H](NC(=O)Cc1ccc(NC(=O)c2c[nH]c3ccccc23)cc1)C(=O)N[C@@H](CC(=O)O)c1ccc2c(c1)OCO2. The molecular formula is C33H34N4O7. The molecule has 0 aliphatic carbocycles. The summed E-state index contributed by atoms with van der Waals surface area (Å²) in [6.45, 7) is 3.93. The summed E-state index contributed by atoms with van der Waals surface area (Å²) in [5.74, 6) is -1.08. The molecule has 44 heavy (non-hydrogen) atoms. The zero-order chi connectivity index (χ0) is 31.2. The first-order valence-corrected chi connectivity index (χ1v) is 14.3. The van der Waals surface area contributed by atoms with Crippen LogP contribution in [0.25, 0.3) is 10.9 Å². The number of carbonyl (C=O) groups is 4. The highest BCUT2D eigenvalue weighted by Crippen LogP contribution is 2.35. The molecule has 5 rings (SSSR count). The van der Waals surface area contributed by atoms with E-state index in [1.807, 2.05) is 38.1 Å². The van der Waals surface area contributed by atoms with Crippen molar-refractivity contribution in [2.75, 3.05) is 12.1 Å². The summed E-state index contributed by atoms with van der Waals surface area (Å²) >= 11 is 0. The van der Waals surface area contributed by atoms with Crippen LogP contribution in [0, 0.1) is 5.92 Å². The van der Waals surface area contributed by atoms with Gasteiger partial charge in [0.15, 0.2) is 11.5 Å². The lowest BCUT2D eigenvalue weighted by Crippen LogP contribution is -2.49. The summed E-state index contributed by atoms with van der Waals surface area (Å²) in [6, 6.07) is 17.7. The van der Waals surface area contributed by atoms with Crippen molar-refractivity contribution < 1.29 is 33.8 Å². The zero-order valence-electron chi connectivity index (χ0n) is 24.4. The Labute approximate surface area is 253 Å². The van der Waals surface area contributed by atoms with Gasteiger partial charge in [-0.15, -0.1) is 0 Å². The van der Waals surface area contributed by atoms with Crippen LogP contribution in [0.5, 0.6) is 11.5 Å². The Morgan fingerprint density at radius 3 is 2.43 bits per heavy atom. The topological polar surface area (TPSA) is 159 Å². The lowest BCUT2D eigenvalue weighted by molar-refractivity contribution is -0.138. The second-order valence-electron chi connectivity index (χ2n) is 11.1. The number of ether oxygens (including phenoxy) is 2. The van der Waals surface area contributed by atoms with Crippen LogP contribution in [0.3, 0.4) is 0 Å². The number of H-pyrrole nitrogens is 1. The van der Waals surface area contributed by atoms with E-state index in [0.29, 0.717) is 40.3 Å². The third-order valence-electron chi connectivity index (χ3n) is 7.26. The van der Waals surface area contributed by atoms with Crippen molar-refractivity contribution in [1.82, 2.24) is 15.6 Å². The minimum Gasteiger partial charge on any atom is -0.481 e. The minimum absolute atomic E-state index is 0.0132. The van der Waals surface area contributed by atoms with Crippen LogP contribution in [0.15, 0.2) is 72.9 Å². The van der Waals surface area contributed by atoms with Gasteiger partial charge in [-0.05, 0) is 53.8 Å². The van der Waals surface area contributed by atoms with Gasteiger partial charge in [0.1, 0.15) is 6.04 Å². The number of aromatic nitrogens is 1. The van der Waals surface area contributed by atoms with E-state index < -0.39 is 24.0 Å². The molecule has 1 aliphatic heterocycles. The highest BCUT2D eigenvalue weighted by atomic mass is 16.7. The van der Waals surface area contributed by atoms with Gasteiger partial charge in [0.05, 0.1) is 24.4 Å². The van der Waals surface area contributed by atoms with E-state index in [9.17, 15) is 24.3 Å². The fraction of sp³-hybridized carbons (Fsp3) is 0.273. The van der Waals surface area contributed by atoms with Crippen molar-refractivity contribution in [2.24, 2.45) is 5.92 Å². The molecule has 0 unspecified atom stereocenters. The Morgan fingerprint density at radius 2 is 1.68 bits per heavy atom. The number of aliphatic carboxylic acids is 1. The maximum atomic E-state index is 13.4. The number of para-hydroxylation sites is 1. The molecule has 0 saturated carbocycles. The predicted octanol–water partition coefficient (Wildman–Crippen LogP) is 4.55. The number of nitrogens with one attached hydrogen (secondary N) is 4. The van der Waals surface area contributed by atoms with Crippen LogP contribution in [0.2, 0.25) is 0 Å². The lowest BCUT2D eigenvalue weighted by atomic mass is 9.99. The van der Waals surface area contributed by atoms with Gasteiger partial charge in [0.25, 0.3) is 5.91 Å². The summed E-state index contributed by atoms with van der Waals surface area (Å²) in [6.07, 6.45) is 1.69. The molecule has 3 aromatic carbocycles. The number of carbonyl (C=O) groups excluding carboxylic acids is 3. The predicted molar refractivity (Wildman–Crippen MR) is 163 cm³/mol. The van der Waals surface area contributed by atoms with E-state index in [1.165, 1.54) is 0 Å². The van der Waals surface area contributed by atoms with Crippen LogP contribution in [-0.2, 0) is 20.8 Å². The molecule has 2 heterocycles. The number of rotatable bonds is 12. The van der Waals surface area contributed by atoms with Gasteiger partial charge in [-0.2, -0.15) is 0 Å². The summed E-state index contributed by atoms with van der Waals surface area (Å²) in [4.78, 5) is 53.9. The first-order valence-electron chi connectivity index (χ1n) is 14.3. The molecule has 0 saturated heterocycles. The van der Waals surface area contributed by atoms with E-state index in [-0.39, 0.29) is 37.4 Å². The van der Waals surface area contributed by atoms with Gasteiger partial charge < -0.3 is 35.5 Å². The third kappa shape index (κ3) is 7.35. The van der Waals surface area contributed by atoms with E-state index in [1.54, 1.807) is 48.7 Å². The van der Waals surface area contributed by atoms with E-state index in [4.69, 9.17) is 9.47 Å². The summed E-state index contributed by atoms with van der Waals surface area (Å²) in [5, 5.41) is 18.8. The van der Waals surface area contributed by atoms with Gasteiger partial charge in [-0.25, -0.2) is 0 Å². The third-order valence-corrected chi connectivity index (χ3v) is 7.26. The number of aromatic amines is 1. The van der Waals surface area contributed by atoms with Gasteiger partial charge in [-0.1, -0.05) is 50.2 Å². The fourth-order valence-corrected chi connectivity index (χ4v) is 5.13. The quantitative estimate of drug-likeness (QED) is 0.160. The minimum atomic E-state index is -1.08. The van der Waals surface area contributed by atoms with Crippen molar-refractivity contribution in [3.63, 3.8) is 0 Å². The van der Waals surface area contributed by atoms with E-state index in [2.05, 4.69) is 20.9 Å². The number of hydrogen-bond donors (Lipinski definition) is 5.